The number of fused-ring (bicyclic) bond motifs is 3. The number of carboxylic acids is 1. The molecule has 0 bridgehead atoms. The van der Waals surface area contributed by atoms with Crippen LogP contribution in [-0.4, -0.2) is 111 Å². The second-order valence-electron chi connectivity index (χ2n) is 17.4. The van der Waals surface area contributed by atoms with Gasteiger partial charge >= 0.3 is 5.97 Å². The van der Waals surface area contributed by atoms with Gasteiger partial charge in [0.2, 0.25) is 30.1 Å². The van der Waals surface area contributed by atoms with Gasteiger partial charge in [-0.2, -0.15) is 22.9 Å². The largest absolute Gasteiger partial charge is 0.480 e. The number of aliphatic imine (C=N–C) groups is 2. The zero-order valence-electron chi connectivity index (χ0n) is 43.9. The first kappa shape index (κ1) is 62.8. The second kappa shape index (κ2) is 27.5. The molecule has 9 N–H and O–H groups in total. The van der Waals surface area contributed by atoms with E-state index in [2.05, 4.69) is 39.9 Å². The van der Waals surface area contributed by atoms with Crippen LogP contribution in [0, 0.1) is 0 Å². The van der Waals surface area contributed by atoms with Crippen molar-refractivity contribution >= 4 is 138 Å². The number of carboxylic acid groups (broad SMARTS) is 1. The topological polar surface area (TPSA) is 356 Å². The van der Waals surface area contributed by atoms with Gasteiger partial charge in [-0.1, -0.05) is 96.6 Å². The first-order valence-corrected chi connectivity index (χ1v) is 30.3. The SMILES string of the molecule is CCN(Cc1ccccn1)S(=O)(=O)c1ccc2c(Cl)cnc(Cl)c2c1.CCN(Cc1ccccn1)S(=O)(=O)c1ccc2c(Cl)cnc(N=C(N)N)c2c1.NC(N)=Nc1ncc(Cl)c2ccc(S(=O)(=O)N(CC(=O)O)Cc3ccccn3)cc12. The Morgan fingerprint density at radius 2 is 0.807 bits per heavy atom. The number of rotatable bonds is 18. The number of nitrogens with two attached hydrogens (primary N) is 4. The molecule has 0 fully saturated rings. The van der Waals surface area contributed by atoms with E-state index in [9.17, 15) is 35.2 Å². The molecule has 0 aliphatic rings. The Bertz CT molecular complexity index is 4240. The number of carbonyl (C=O) groups is 1. The number of hydrogen-bond acceptors (Lipinski definition) is 15. The van der Waals surface area contributed by atoms with Crippen molar-refractivity contribution in [2.24, 2.45) is 32.9 Å². The zero-order valence-corrected chi connectivity index (χ0v) is 49.3. The van der Waals surface area contributed by atoms with Crippen LogP contribution in [0.2, 0.25) is 20.2 Å². The van der Waals surface area contributed by atoms with Crippen LogP contribution in [0.5, 0.6) is 0 Å². The highest BCUT2D eigenvalue weighted by atomic mass is 35.5. The number of pyridine rings is 6. The van der Waals surface area contributed by atoms with E-state index < -0.39 is 42.6 Å². The van der Waals surface area contributed by atoms with Crippen molar-refractivity contribution in [2.45, 2.75) is 48.2 Å². The summed E-state index contributed by atoms with van der Waals surface area (Å²) in [4.78, 5) is 43.8. The predicted octanol–water partition coefficient (Wildman–Crippen LogP) is 8.01. The molecule has 9 aromatic rings. The molecule has 30 heteroatoms. The number of aliphatic carboxylic acids is 1. The lowest BCUT2D eigenvalue weighted by molar-refractivity contribution is -0.137. The first-order valence-electron chi connectivity index (χ1n) is 24.5. The normalized spacial score (nSPS) is 11.7. The summed E-state index contributed by atoms with van der Waals surface area (Å²) in [6.07, 6.45) is 8.96. The Labute approximate surface area is 497 Å². The number of hydrogen-bond donors (Lipinski definition) is 5. The van der Waals surface area contributed by atoms with Crippen LogP contribution in [0.15, 0.2) is 171 Å². The Kier molecular flexibility index (Phi) is 20.9. The Morgan fingerprint density at radius 1 is 0.470 bits per heavy atom. The van der Waals surface area contributed by atoms with E-state index in [4.69, 9.17) is 69.3 Å². The van der Waals surface area contributed by atoms with Gasteiger partial charge in [0.25, 0.3) is 0 Å². The quantitative estimate of drug-likeness (QED) is 0.0308. The molecular weight excluding hydrogens is 1210 g/mol. The predicted molar refractivity (Wildman–Crippen MR) is 321 cm³/mol. The highest BCUT2D eigenvalue weighted by Crippen LogP contribution is 2.35. The summed E-state index contributed by atoms with van der Waals surface area (Å²) in [6, 6.07) is 29.1. The van der Waals surface area contributed by atoms with E-state index in [1.807, 2.05) is 12.1 Å². The number of aromatic nitrogens is 6. The molecule has 23 nitrogen and oxygen atoms in total. The van der Waals surface area contributed by atoms with Crippen molar-refractivity contribution in [1.29, 1.82) is 0 Å². The van der Waals surface area contributed by atoms with Crippen molar-refractivity contribution in [2.75, 3.05) is 19.6 Å². The first-order chi connectivity index (χ1) is 39.4. The third-order valence-corrected chi connectivity index (χ3v) is 18.8. The van der Waals surface area contributed by atoms with Gasteiger partial charge in [-0.15, -0.1) is 0 Å². The second-order valence-corrected chi connectivity index (χ2v) is 24.8. The molecular formula is C53H51Cl4N15O8S3. The minimum atomic E-state index is -4.21. The van der Waals surface area contributed by atoms with Crippen LogP contribution < -0.4 is 22.9 Å². The minimum absolute atomic E-state index is 0.0842. The lowest BCUT2D eigenvalue weighted by atomic mass is 10.1. The van der Waals surface area contributed by atoms with E-state index in [-0.39, 0.29) is 74.6 Å². The summed E-state index contributed by atoms with van der Waals surface area (Å²) in [5.41, 5.74) is 23.5. The number of benzene rings is 3. The van der Waals surface area contributed by atoms with E-state index in [1.165, 1.54) is 75.9 Å². The maximum absolute atomic E-state index is 13.2. The average molecular weight is 1260 g/mol. The van der Waals surface area contributed by atoms with Gasteiger partial charge in [0.1, 0.15) is 11.7 Å². The monoisotopic (exact) mass is 1260 g/mol. The van der Waals surface area contributed by atoms with Crippen LogP contribution in [0.3, 0.4) is 0 Å². The van der Waals surface area contributed by atoms with Crippen LogP contribution in [-0.2, 0) is 54.5 Å². The van der Waals surface area contributed by atoms with Crippen molar-refractivity contribution in [3.05, 3.63) is 184 Å². The van der Waals surface area contributed by atoms with Gasteiger partial charge < -0.3 is 28.0 Å². The summed E-state index contributed by atoms with van der Waals surface area (Å²) in [5, 5.41) is 13.5. The van der Waals surface area contributed by atoms with Crippen LogP contribution in [0.25, 0.3) is 32.3 Å². The molecule has 0 aliphatic carbocycles. The molecule has 0 spiro atoms. The molecule has 6 heterocycles. The number of guanidine groups is 2. The molecule has 0 aliphatic heterocycles. The van der Waals surface area contributed by atoms with Crippen molar-refractivity contribution in [1.82, 2.24) is 42.8 Å². The van der Waals surface area contributed by atoms with Crippen molar-refractivity contribution in [3.8, 4) is 0 Å². The fourth-order valence-electron chi connectivity index (χ4n) is 7.98. The maximum Gasteiger partial charge on any atom is 0.318 e. The average Bonchev–Trinajstić information content (AvgIpc) is 3.63. The van der Waals surface area contributed by atoms with Gasteiger partial charge in [0.15, 0.2) is 23.6 Å². The van der Waals surface area contributed by atoms with E-state index >= 15 is 0 Å². The summed E-state index contributed by atoms with van der Waals surface area (Å²) in [6.45, 7) is 3.54. The molecule has 0 radical (unpaired) electrons. The summed E-state index contributed by atoms with van der Waals surface area (Å²) in [5.74, 6) is -1.47. The third-order valence-electron chi connectivity index (χ3n) is 11.9. The van der Waals surface area contributed by atoms with Gasteiger partial charge in [-0.25, -0.2) is 40.2 Å². The zero-order chi connectivity index (χ0) is 60.2. The molecule has 0 amide bonds. The molecule has 0 atom stereocenters. The molecule has 432 valence electrons. The molecule has 3 aromatic carbocycles. The molecule has 0 unspecified atom stereocenters. The van der Waals surface area contributed by atoms with E-state index in [0.29, 0.717) is 66.0 Å². The van der Waals surface area contributed by atoms with E-state index in [0.717, 1.165) is 4.31 Å². The summed E-state index contributed by atoms with van der Waals surface area (Å²) in [7, 11) is -11.7. The molecule has 6 aromatic heterocycles. The lowest BCUT2D eigenvalue weighted by Crippen LogP contribution is -2.35. The van der Waals surface area contributed by atoms with Gasteiger partial charge in [0, 0.05) is 82.6 Å². The third kappa shape index (κ3) is 15.5. The van der Waals surface area contributed by atoms with Gasteiger partial charge in [0.05, 0.1) is 66.5 Å². The Balaban J connectivity index is 0.000000180. The van der Waals surface area contributed by atoms with Gasteiger partial charge in [-0.05, 0) is 72.8 Å². The van der Waals surface area contributed by atoms with Crippen LogP contribution >= 0.6 is 46.4 Å². The summed E-state index contributed by atoms with van der Waals surface area (Å²) < 4.78 is 82.4. The van der Waals surface area contributed by atoms with Crippen molar-refractivity contribution in [3.63, 3.8) is 0 Å². The van der Waals surface area contributed by atoms with Crippen LogP contribution in [0.1, 0.15) is 30.9 Å². The number of sulfonamides is 3. The highest BCUT2D eigenvalue weighted by molar-refractivity contribution is 7.89. The Hall–Kier alpha value is -7.76. The molecule has 0 saturated carbocycles. The lowest BCUT2D eigenvalue weighted by Gasteiger charge is -2.20. The Morgan fingerprint density at radius 3 is 1.14 bits per heavy atom. The maximum atomic E-state index is 13.2. The molecule has 9 rings (SSSR count). The van der Waals surface area contributed by atoms with Crippen LogP contribution in [0.4, 0.5) is 11.6 Å². The molecule has 83 heavy (non-hydrogen) atoms. The summed E-state index contributed by atoms with van der Waals surface area (Å²) >= 11 is 24.5. The number of nitrogens with zero attached hydrogens (tertiary/aromatic N) is 11. The van der Waals surface area contributed by atoms with Crippen molar-refractivity contribution < 1.29 is 35.2 Å². The smallest absolute Gasteiger partial charge is 0.318 e. The molecule has 0 saturated heterocycles. The standard InChI is InChI=1S/C18H17ClN6O4S.C18H19ClN6O2S.C17H15Cl2N3O2S/c19-15-8-23-17(24-18(20)21)14-7-12(4-5-13(14)15)30(28,29)25(10-16(26)27)9-11-3-1-2-6-22-11;1-2-25(11-12-5-3-4-8-22-12)28(26,27)13-6-7-14-15(9-13)17(24-18(20)21)23-10-16(14)19;1-2-22(11-12-5-3-4-8-20-12)25(23,24)13-6-7-14-15(9-13)17(19)21-10-16(14)18/h1-8H,9-10H2,(H,26,27)(H4,20,21,23,24);3-10H,2,11H2,1H3,(H4,20,21,23,24);3-10H,2,11H2,1H3. The fraction of sp³-hybridized carbons (Fsp3) is 0.151. The number of halogens is 4. The van der Waals surface area contributed by atoms with Gasteiger partial charge in [-0.3, -0.25) is 19.7 Å². The van der Waals surface area contributed by atoms with E-state index in [1.54, 1.807) is 80.8 Å². The fourth-order valence-corrected chi connectivity index (χ4v) is 13.1. The highest BCUT2D eigenvalue weighted by Gasteiger charge is 2.29. The minimum Gasteiger partial charge on any atom is -0.480 e.